The van der Waals surface area contributed by atoms with E-state index in [1.54, 1.807) is 12.1 Å². The Morgan fingerprint density at radius 1 is 1.37 bits per heavy atom. The number of anilines is 1. The van der Waals surface area contributed by atoms with Gasteiger partial charge in [0, 0.05) is 24.4 Å². The van der Waals surface area contributed by atoms with Gasteiger partial charge in [-0.05, 0) is 24.4 Å². The van der Waals surface area contributed by atoms with Gasteiger partial charge >= 0.3 is 0 Å². The van der Waals surface area contributed by atoms with Gasteiger partial charge in [-0.2, -0.15) is 0 Å². The van der Waals surface area contributed by atoms with E-state index in [-0.39, 0.29) is 12.3 Å². The van der Waals surface area contributed by atoms with Crippen molar-refractivity contribution in [3.05, 3.63) is 34.4 Å². The lowest BCUT2D eigenvalue weighted by atomic mass is 10.3. The van der Waals surface area contributed by atoms with Crippen LogP contribution < -0.4 is 10.6 Å². The Hall–Kier alpha value is -1.77. The number of rotatable bonds is 7. The number of hydrogen-bond acceptors (Lipinski definition) is 5. The van der Waals surface area contributed by atoms with Gasteiger partial charge in [0.05, 0.1) is 24.7 Å². The summed E-state index contributed by atoms with van der Waals surface area (Å²) >= 11 is 5.04. The number of hydrogen-bond donors (Lipinski definition) is 3. The fourth-order valence-corrected chi connectivity index (χ4v) is 1.47. The van der Waals surface area contributed by atoms with Gasteiger partial charge in [-0.15, -0.1) is 0 Å². The molecule has 0 aliphatic heterocycles. The van der Waals surface area contributed by atoms with E-state index in [0.29, 0.717) is 30.6 Å². The largest absolute Gasteiger partial charge is 0.394 e. The summed E-state index contributed by atoms with van der Waals surface area (Å²) in [6.45, 7) is 1.23. The molecule has 0 atom stereocenters. The second-order valence-electron chi connectivity index (χ2n) is 3.52. The normalized spacial score (nSPS) is 9.95. The van der Waals surface area contributed by atoms with Gasteiger partial charge in [0.15, 0.2) is 5.11 Å². The van der Waals surface area contributed by atoms with Crippen molar-refractivity contribution in [1.82, 2.24) is 5.32 Å². The minimum atomic E-state index is -0.459. The summed E-state index contributed by atoms with van der Waals surface area (Å²) in [5.74, 6) is 0. The first-order chi connectivity index (χ1) is 9.13. The Morgan fingerprint density at radius 2 is 2.05 bits per heavy atom. The molecule has 7 nitrogen and oxygen atoms in total. The van der Waals surface area contributed by atoms with E-state index in [4.69, 9.17) is 22.1 Å². The Balaban J connectivity index is 2.30. The van der Waals surface area contributed by atoms with Gasteiger partial charge in [0.1, 0.15) is 0 Å². The average Bonchev–Trinajstić information content (AvgIpc) is 2.39. The minimum Gasteiger partial charge on any atom is -0.394 e. The molecular weight excluding hydrogens is 270 g/mol. The predicted octanol–water partition coefficient (Wildman–Crippen LogP) is 0.890. The van der Waals surface area contributed by atoms with Crippen molar-refractivity contribution in [2.75, 3.05) is 31.7 Å². The van der Waals surface area contributed by atoms with Crippen LogP contribution in [0.15, 0.2) is 24.3 Å². The second-order valence-corrected chi connectivity index (χ2v) is 3.93. The van der Waals surface area contributed by atoms with E-state index < -0.39 is 4.92 Å². The molecule has 0 saturated carbocycles. The maximum atomic E-state index is 10.5. The predicted molar refractivity (Wildman–Crippen MR) is 75.2 cm³/mol. The molecule has 0 aromatic heterocycles. The number of aliphatic hydroxyl groups is 1. The highest BCUT2D eigenvalue weighted by molar-refractivity contribution is 7.80. The molecule has 0 amide bonds. The van der Waals surface area contributed by atoms with Crippen LogP contribution in [0.2, 0.25) is 0 Å². The number of non-ortho nitro benzene ring substituents is 1. The standard InChI is InChI=1S/C11H15N3O4S/c15-6-8-18-7-5-12-11(19)13-9-1-3-10(4-2-9)14(16)17/h1-4,15H,5-8H2,(H2,12,13,19). The number of nitrogens with zero attached hydrogens (tertiary/aromatic N) is 1. The first kappa shape index (κ1) is 15.3. The van der Waals surface area contributed by atoms with E-state index in [9.17, 15) is 10.1 Å². The molecule has 19 heavy (non-hydrogen) atoms. The topological polar surface area (TPSA) is 96.7 Å². The first-order valence-corrected chi connectivity index (χ1v) is 6.02. The maximum Gasteiger partial charge on any atom is 0.269 e. The number of thiocarbonyl (C=S) groups is 1. The fourth-order valence-electron chi connectivity index (χ4n) is 1.25. The van der Waals surface area contributed by atoms with Crippen molar-refractivity contribution >= 4 is 28.7 Å². The van der Waals surface area contributed by atoms with E-state index in [1.165, 1.54) is 12.1 Å². The number of ether oxygens (including phenoxy) is 1. The molecule has 0 bridgehead atoms. The Morgan fingerprint density at radius 3 is 2.63 bits per heavy atom. The summed E-state index contributed by atoms with van der Waals surface area (Å²) in [5.41, 5.74) is 0.696. The van der Waals surface area contributed by atoms with Crippen LogP contribution in [0.3, 0.4) is 0 Å². The highest BCUT2D eigenvalue weighted by Crippen LogP contribution is 2.15. The molecule has 0 unspecified atom stereocenters. The van der Waals surface area contributed by atoms with Crippen LogP contribution in [0.25, 0.3) is 0 Å². The van der Waals surface area contributed by atoms with E-state index >= 15 is 0 Å². The molecule has 0 spiro atoms. The van der Waals surface area contributed by atoms with Gasteiger partial charge in [0.2, 0.25) is 0 Å². The summed E-state index contributed by atoms with van der Waals surface area (Å²) in [5, 5.41) is 25.2. The summed E-state index contributed by atoms with van der Waals surface area (Å²) in [6.07, 6.45) is 0. The monoisotopic (exact) mass is 285 g/mol. The van der Waals surface area contributed by atoms with E-state index in [1.807, 2.05) is 0 Å². The first-order valence-electron chi connectivity index (χ1n) is 5.61. The highest BCUT2D eigenvalue weighted by atomic mass is 32.1. The zero-order chi connectivity index (χ0) is 14.1. The molecular formula is C11H15N3O4S. The number of nitro benzene ring substituents is 1. The third kappa shape index (κ3) is 6.09. The summed E-state index contributed by atoms with van der Waals surface area (Å²) in [6, 6.07) is 5.95. The minimum absolute atomic E-state index is 0.00844. The lowest BCUT2D eigenvalue weighted by molar-refractivity contribution is -0.384. The summed E-state index contributed by atoms with van der Waals surface area (Å²) in [4.78, 5) is 10.0. The van der Waals surface area contributed by atoms with Crippen molar-refractivity contribution in [3.8, 4) is 0 Å². The molecule has 3 N–H and O–H groups in total. The van der Waals surface area contributed by atoms with Crippen LogP contribution in [0.4, 0.5) is 11.4 Å². The van der Waals surface area contributed by atoms with Crippen molar-refractivity contribution in [2.45, 2.75) is 0 Å². The molecule has 1 rings (SSSR count). The molecule has 1 aromatic carbocycles. The van der Waals surface area contributed by atoms with Crippen LogP contribution in [-0.4, -0.2) is 41.5 Å². The van der Waals surface area contributed by atoms with Crippen LogP contribution in [0.5, 0.6) is 0 Å². The van der Waals surface area contributed by atoms with Crippen LogP contribution in [0.1, 0.15) is 0 Å². The van der Waals surface area contributed by atoms with E-state index in [0.717, 1.165) is 0 Å². The summed E-state index contributed by atoms with van der Waals surface area (Å²) in [7, 11) is 0. The van der Waals surface area contributed by atoms with Crippen LogP contribution in [0, 0.1) is 10.1 Å². The lowest BCUT2D eigenvalue weighted by Crippen LogP contribution is -2.31. The molecule has 0 saturated heterocycles. The average molecular weight is 285 g/mol. The van der Waals surface area contributed by atoms with E-state index in [2.05, 4.69) is 10.6 Å². The Bertz CT molecular complexity index is 424. The quantitative estimate of drug-likeness (QED) is 0.296. The van der Waals surface area contributed by atoms with Gasteiger partial charge in [-0.3, -0.25) is 10.1 Å². The number of benzene rings is 1. The van der Waals surface area contributed by atoms with Gasteiger partial charge in [0.25, 0.3) is 5.69 Å². The van der Waals surface area contributed by atoms with Gasteiger partial charge < -0.3 is 20.5 Å². The molecule has 8 heteroatoms. The second kappa shape index (κ2) is 8.35. The Labute approximate surface area is 115 Å². The fraction of sp³-hybridized carbons (Fsp3) is 0.364. The lowest BCUT2D eigenvalue weighted by Gasteiger charge is -2.10. The van der Waals surface area contributed by atoms with Crippen molar-refractivity contribution in [1.29, 1.82) is 0 Å². The van der Waals surface area contributed by atoms with Crippen molar-refractivity contribution < 1.29 is 14.8 Å². The van der Waals surface area contributed by atoms with Crippen molar-refractivity contribution in [2.24, 2.45) is 0 Å². The zero-order valence-corrected chi connectivity index (χ0v) is 11.0. The molecule has 0 aliphatic rings. The number of nitro groups is 1. The third-order valence-corrected chi connectivity index (χ3v) is 2.35. The summed E-state index contributed by atoms with van der Waals surface area (Å²) < 4.78 is 5.05. The smallest absolute Gasteiger partial charge is 0.269 e. The maximum absolute atomic E-state index is 10.5. The van der Waals surface area contributed by atoms with Crippen LogP contribution in [-0.2, 0) is 4.74 Å². The molecule has 0 aliphatic carbocycles. The number of aliphatic hydroxyl groups excluding tert-OH is 1. The van der Waals surface area contributed by atoms with Gasteiger partial charge in [-0.1, -0.05) is 0 Å². The Kier molecular flexibility index (Phi) is 6.72. The van der Waals surface area contributed by atoms with Gasteiger partial charge in [-0.25, -0.2) is 0 Å². The third-order valence-electron chi connectivity index (χ3n) is 2.10. The molecule has 1 aromatic rings. The molecule has 104 valence electrons. The van der Waals surface area contributed by atoms with Crippen LogP contribution >= 0.6 is 12.2 Å². The zero-order valence-electron chi connectivity index (χ0n) is 10.2. The SMILES string of the molecule is O=[N+]([O-])c1ccc(NC(=S)NCCOCCO)cc1. The highest BCUT2D eigenvalue weighted by Gasteiger charge is 2.04. The number of nitrogens with one attached hydrogen (secondary N) is 2. The van der Waals surface area contributed by atoms with Crippen molar-refractivity contribution in [3.63, 3.8) is 0 Å². The molecule has 0 fully saturated rings. The molecule has 0 heterocycles. The molecule has 0 radical (unpaired) electrons.